The summed E-state index contributed by atoms with van der Waals surface area (Å²) in [6, 6.07) is 0. The Morgan fingerprint density at radius 1 is 1.40 bits per heavy atom. The predicted molar refractivity (Wildman–Crippen MR) is 2.22 cm³/mol. The summed E-state index contributed by atoms with van der Waals surface area (Å²) in [5.74, 6) is 0. The third-order valence-electron chi connectivity index (χ3n) is 0. The molecule has 0 spiro atoms. The van der Waals surface area contributed by atoms with E-state index >= 15 is 0 Å². The summed E-state index contributed by atoms with van der Waals surface area (Å²) in [6.45, 7) is 0. The van der Waals surface area contributed by atoms with Gasteiger partial charge >= 0.3 is 45.0 Å². The number of hydrogen-bond donors (Lipinski definition) is 1. The van der Waals surface area contributed by atoms with Gasteiger partial charge in [-0.15, -0.1) is 0 Å². The Balaban J connectivity index is 0. The van der Waals surface area contributed by atoms with Crippen molar-refractivity contribution in [1.29, 1.82) is 0 Å². The van der Waals surface area contributed by atoms with Crippen molar-refractivity contribution in [2.24, 2.45) is 0 Å². The Morgan fingerprint density at radius 2 is 1.40 bits per heavy atom. The highest BCUT2D eigenvalue weighted by Crippen LogP contribution is 0.251. The zero-order valence-electron chi connectivity index (χ0n) is 2.02. The highest BCUT2D eigenvalue weighted by atomic mass is 127. The Bertz CT molecular complexity index is 9.61. The summed E-state index contributed by atoms with van der Waals surface area (Å²) in [4.78, 5) is 0. The van der Waals surface area contributed by atoms with Crippen LogP contribution in [0, 0.1) is 0 Å². The van der Waals surface area contributed by atoms with Gasteiger partial charge in [-0.1, -0.05) is 0 Å². The van der Waals surface area contributed by atoms with Gasteiger partial charge in [0.15, 0.2) is 0 Å². The largest absolute Gasteiger partial charge is 1.00 e. The van der Waals surface area contributed by atoms with Crippen molar-refractivity contribution >= 4 is 0 Å². The Morgan fingerprint density at radius 3 is 1.40 bits per heavy atom. The Labute approximate surface area is 55.1 Å². The zero-order chi connectivity index (χ0) is 3.58. The zero-order valence-corrected chi connectivity index (χ0v) is 6.33. The summed E-state index contributed by atoms with van der Waals surface area (Å²) in [6.07, 6.45) is 0. The molecule has 0 saturated carbocycles. The van der Waals surface area contributed by atoms with Crippen LogP contribution in [0.4, 0.5) is 0 Å². The van der Waals surface area contributed by atoms with Crippen molar-refractivity contribution in [1.82, 2.24) is 0 Å². The van der Waals surface area contributed by atoms with E-state index in [2.05, 4.69) is 0 Å². The molecule has 5 heavy (non-hydrogen) atoms. The third-order valence-corrected chi connectivity index (χ3v) is 0. The van der Waals surface area contributed by atoms with E-state index in [0.29, 0.717) is 0 Å². The lowest BCUT2D eigenvalue weighted by atomic mass is 16.0. The van der Waals surface area contributed by atoms with Crippen LogP contribution in [-0.4, -0.2) is 3.44 Å². The van der Waals surface area contributed by atoms with Gasteiger partial charge in [-0.25, -0.2) is 0 Å². The molecule has 0 unspecified atom stereocenters. The molecule has 0 bridgehead atoms. The minimum absolute atomic E-state index is 0. The van der Waals surface area contributed by atoms with Crippen LogP contribution in [0.2, 0.25) is 0 Å². The van der Waals surface area contributed by atoms with Crippen molar-refractivity contribution in [3.05, 3.63) is 0 Å². The van der Waals surface area contributed by atoms with E-state index in [1.54, 1.807) is 0 Å². The first-order chi connectivity index (χ1) is 1.73. The first kappa shape index (κ1) is 9.60. The number of hydrogen-bond acceptors (Lipinski definition) is 3. The van der Waals surface area contributed by atoms with E-state index in [0.717, 1.165) is 0 Å². The fourth-order valence-electron chi connectivity index (χ4n) is 0. The van der Waals surface area contributed by atoms with Crippen molar-refractivity contribution in [2.45, 2.75) is 0 Å². The standard InChI is InChI=1S/HIO3.I/c2-1(3)4;/h2H;/q;+1. The molecule has 3 nitrogen and oxygen atoms in total. The summed E-state index contributed by atoms with van der Waals surface area (Å²) in [5, 5.41) is 0. The van der Waals surface area contributed by atoms with Gasteiger partial charge in [-0.2, -0.15) is 0 Å². The lowest BCUT2D eigenvalue weighted by Crippen LogP contribution is -3.98. The molecule has 0 fully saturated rings. The Kier molecular flexibility index (Phi) is 10.3. The van der Waals surface area contributed by atoms with Crippen LogP contribution in [0.1, 0.15) is 0 Å². The van der Waals surface area contributed by atoms with Crippen LogP contribution >= 0.6 is 0 Å². The normalized spacial score (nSPS) is 7.20. The number of halogens is 2. The molecule has 0 aromatic carbocycles. The maximum absolute atomic E-state index is 8.68. The van der Waals surface area contributed by atoms with Crippen molar-refractivity contribution in [3.63, 3.8) is 0 Å². The van der Waals surface area contributed by atoms with E-state index in [-0.39, 0.29) is 24.0 Å². The van der Waals surface area contributed by atoms with E-state index in [9.17, 15) is 0 Å². The first-order valence-corrected chi connectivity index (χ1v) is 3.20. The summed E-state index contributed by atoms with van der Waals surface area (Å²) in [7, 11) is 0. The molecular weight excluding hydrogens is 302 g/mol. The lowest BCUT2D eigenvalue weighted by molar-refractivity contribution is -1.63. The van der Waals surface area contributed by atoms with E-state index in [1.807, 2.05) is 0 Å². The topological polar surface area (TPSA) is 66.3 Å². The minimum atomic E-state index is -3.76. The van der Waals surface area contributed by atoms with E-state index < -0.39 is 21.1 Å². The highest BCUT2D eigenvalue weighted by Gasteiger charge is 1.89. The summed E-state index contributed by atoms with van der Waals surface area (Å²) >= 11 is -3.76. The number of rotatable bonds is 0. The van der Waals surface area contributed by atoms with Gasteiger partial charge in [0.25, 0.3) is 0 Å². The van der Waals surface area contributed by atoms with E-state index in [4.69, 9.17) is 10.3 Å². The van der Waals surface area contributed by atoms with Gasteiger partial charge in [0.2, 0.25) is 0 Å². The average molecular weight is 303 g/mol. The quantitative estimate of drug-likeness (QED) is 0.452. The average Bonchev–Trinajstić information content (AvgIpc) is 0.811. The monoisotopic (exact) mass is 303 g/mol. The Hall–Kier alpha value is 1.34. The molecule has 0 rings (SSSR count). The molecule has 0 aliphatic heterocycles. The van der Waals surface area contributed by atoms with Crippen LogP contribution < -0.4 is 51.9 Å². The fraction of sp³-hybridized carbons (Fsp3) is 0. The second-order valence-corrected chi connectivity index (χ2v) is 1.35. The maximum atomic E-state index is 8.68. The molecule has 2 radical (unpaired) electrons. The van der Waals surface area contributed by atoms with Crippen molar-refractivity contribution in [3.8, 4) is 0 Å². The molecule has 0 amide bonds. The fourth-order valence-corrected chi connectivity index (χ4v) is 0. The first-order valence-electron chi connectivity index (χ1n) is 0.478. The summed E-state index contributed by atoms with van der Waals surface area (Å²) < 4.78 is 24.5. The smallest absolute Gasteiger partial charge is 0.396 e. The van der Waals surface area contributed by atoms with Gasteiger partial charge in [0, 0.05) is 0 Å². The van der Waals surface area contributed by atoms with Crippen LogP contribution in [0.3, 0.4) is 0 Å². The third kappa shape index (κ3) is 33.2. The second-order valence-electron chi connectivity index (χ2n) is 0.201. The molecule has 5 heteroatoms. The minimum Gasteiger partial charge on any atom is -0.396 e. The summed E-state index contributed by atoms with van der Waals surface area (Å²) in [5.41, 5.74) is 0. The van der Waals surface area contributed by atoms with Gasteiger partial charge in [0.1, 0.15) is 0 Å². The molecule has 32 valence electrons. The van der Waals surface area contributed by atoms with Gasteiger partial charge in [-0.3, -0.25) is 0 Å². The molecule has 0 heterocycles. The van der Waals surface area contributed by atoms with E-state index in [1.165, 1.54) is 0 Å². The lowest BCUT2D eigenvalue weighted by Gasteiger charge is -1.67. The maximum Gasteiger partial charge on any atom is 1.00 e. The SMILES string of the molecule is [I+].[O-][I+2]([O-])O. The molecule has 0 saturated heterocycles. The second kappa shape index (κ2) is 5.34. The van der Waals surface area contributed by atoms with Gasteiger partial charge in [-0.05, 0) is 3.44 Å². The highest BCUT2D eigenvalue weighted by molar-refractivity contribution is 1.94. The van der Waals surface area contributed by atoms with Crippen molar-refractivity contribution in [2.75, 3.05) is 0 Å². The van der Waals surface area contributed by atoms with Gasteiger partial charge in [0.05, 0.1) is 0 Å². The van der Waals surface area contributed by atoms with Gasteiger partial charge < -0.3 is 6.87 Å². The molecule has 0 aliphatic rings. The van der Waals surface area contributed by atoms with Crippen molar-refractivity contribution < 1.29 is 55.3 Å². The molecule has 0 atom stereocenters. The molecule has 0 aliphatic carbocycles. The van der Waals surface area contributed by atoms with Crippen LogP contribution in [0.15, 0.2) is 0 Å². The molecule has 1 N–H and O–H groups in total. The molecule has 0 aromatic heterocycles. The van der Waals surface area contributed by atoms with Crippen LogP contribution in [-0.2, 0) is 0 Å². The molecule has 0 aromatic rings. The van der Waals surface area contributed by atoms with Crippen LogP contribution in [0.5, 0.6) is 0 Å². The predicted octanol–water partition coefficient (Wildman–Crippen LogP) is -8.93. The van der Waals surface area contributed by atoms with Crippen LogP contribution in [0.25, 0.3) is 0 Å². The molecular formula is HI2O3+.